The van der Waals surface area contributed by atoms with Gasteiger partial charge in [0.2, 0.25) is 0 Å². The molecule has 1 aromatic rings. The Balaban J connectivity index is 1.79. The first kappa shape index (κ1) is 10.9. The Labute approximate surface area is 101 Å². The zero-order valence-electron chi connectivity index (χ0n) is 9.69. The van der Waals surface area contributed by atoms with Gasteiger partial charge in [0, 0.05) is 5.92 Å². The van der Waals surface area contributed by atoms with E-state index in [0.29, 0.717) is 6.61 Å². The van der Waals surface area contributed by atoms with Gasteiger partial charge in [-0.25, -0.2) is 0 Å². The molecule has 2 heterocycles. The normalized spacial score (nSPS) is 24.6. The lowest BCUT2D eigenvalue weighted by Gasteiger charge is -2.23. The van der Waals surface area contributed by atoms with Crippen molar-refractivity contribution >= 4 is 5.78 Å². The van der Waals surface area contributed by atoms with Gasteiger partial charge in [0.15, 0.2) is 5.78 Å². The number of benzene rings is 1. The van der Waals surface area contributed by atoms with Gasteiger partial charge in [-0.1, -0.05) is 24.3 Å². The molecule has 0 saturated carbocycles. The number of rotatable bonds is 2. The van der Waals surface area contributed by atoms with Gasteiger partial charge in [-0.05, 0) is 37.1 Å². The number of ether oxygens (including phenoxy) is 1. The van der Waals surface area contributed by atoms with Crippen molar-refractivity contribution in [1.29, 1.82) is 0 Å². The molecular formula is C14H16NO2. The third-order valence-corrected chi connectivity index (χ3v) is 3.55. The van der Waals surface area contributed by atoms with Crippen molar-refractivity contribution in [1.82, 2.24) is 5.32 Å². The standard InChI is InChI=1S/C14H16NO2/c16-13(10-5-7-15-8-6-10)14-12-4-2-1-3-11(12)9-17-14/h1-5,10,14-15H,6-9H2. The molecule has 3 rings (SSSR count). The maximum Gasteiger partial charge on any atom is 0.169 e. The molecule has 1 N–H and O–H groups in total. The summed E-state index contributed by atoms with van der Waals surface area (Å²) in [6, 6.07) is 8.01. The Hall–Kier alpha value is -1.19. The molecule has 2 atom stereocenters. The summed E-state index contributed by atoms with van der Waals surface area (Å²) in [6.45, 7) is 2.31. The number of nitrogens with one attached hydrogen (secondary N) is 1. The van der Waals surface area contributed by atoms with E-state index in [1.165, 1.54) is 0 Å². The van der Waals surface area contributed by atoms with Crippen molar-refractivity contribution in [2.24, 2.45) is 5.92 Å². The fourth-order valence-corrected chi connectivity index (χ4v) is 2.58. The molecule has 1 radical (unpaired) electrons. The van der Waals surface area contributed by atoms with E-state index in [-0.39, 0.29) is 17.8 Å². The minimum Gasteiger partial charge on any atom is -0.361 e. The van der Waals surface area contributed by atoms with Crippen molar-refractivity contribution in [3.05, 3.63) is 41.8 Å². The first-order chi connectivity index (χ1) is 8.36. The molecule has 2 unspecified atom stereocenters. The highest BCUT2D eigenvalue weighted by Gasteiger charge is 2.34. The van der Waals surface area contributed by atoms with Crippen molar-refractivity contribution in [3.63, 3.8) is 0 Å². The van der Waals surface area contributed by atoms with Gasteiger partial charge in [-0.2, -0.15) is 0 Å². The quantitative estimate of drug-likeness (QED) is 0.839. The van der Waals surface area contributed by atoms with E-state index in [1.807, 2.05) is 24.3 Å². The number of fused-ring (bicyclic) bond motifs is 1. The Bertz CT molecular complexity index is 424. The van der Waals surface area contributed by atoms with Gasteiger partial charge in [-0.3, -0.25) is 4.79 Å². The number of hydrogen-bond donors (Lipinski definition) is 1. The summed E-state index contributed by atoms with van der Waals surface area (Å²) < 4.78 is 5.65. The van der Waals surface area contributed by atoms with Crippen LogP contribution >= 0.6 is 0 Å². The molecule has 17 heavy (non-hydrogen) atoms. The fraction of sp³-hybridized carbons (Fsp3) is 0.429. The molecule has 2 aliphatic heterocycles. The fourth-order valence-electron chi connectivity index (χ4n) is 2.58. The second kappa shape index (κ2) is 4.59. The average molecular weight is 230 g/mol. The minimum atomic E-state index is -0.342. The molecule has 3 heteroatoms. The summed E-state index contributed by atoms with van der Waals surface area (Å²) in [5.41, 5.74) is 2.21. The summed E-state index contributed by atoms with van der Waals surface area (Å²) in [7, 11) is 0. The average Bonchev–Trinajstić information content (AvgIpc) is 2.83. The Kier molecular flexibility index (Phi) is 2.95. The van der Waals surface area contributed by atoms with Crippen LogP contribution in [-0.2, 0) is 16.1 Å². The summed E-state index contributed by atoms with van der Waals surface area (Å²) in [5, 5.41) is 3.23. The molecule has 0 aliphatic carbocycles. The molecule has 89 valence electrons. The van der Waals surface area contributed by atoms with E-state index < -0.39 is 0 Å². The number of hydrogen-bond acceptors (Lipinski definition) is 3. The third kappa shape index (κ3) is 2.01. The van der Waals surface area contributed by atoms with Gasteiger partial charge >= 0.3 is 0 Å². The molecular weight excluding hydrogens is 214 g/mol. The van der Waals surface area contributed by atoms with Crippen molar-refractivity contribution in [2.45, 2.75) is 19.1 Å². The first-order valence-electron chi connectivity index (χ1n) is 6.13. The number of ketones is 1. The topological polar surface area (TPSA) is 38.3 Å². The monoisotopic (exact) mass is 230 g/mol. The van der Waals surface area contributed by atoms with Crippen molar-refractivity contribution in [2.75, 3.05) is 13.1 Å². The summed E-state index contributed by atoms with van der Waals surface area (Å²) in [4.78, 5) is 12.4. The summed E-state index contributed by atoms with van der Waals surface area (Å²) in [6.07, 6.45) is 2.61. The van der Waals surface area contributed by atoms with E-state index >= 15 is 0 Å². The molecule has 2 aliphatic rings. The smallest absolute Gasteiger partial charge is 0.169 e. The second-order valence-electron chi connectivity index (χ2n) is 4.63. The van der Waals surface area contributed by atoms with Crippen LogP contribution in [0, 0.1) is 12.3 Å². The van der Waals surface area contributed by atoms with Crippen LogP contribution in [0.5, 0.6) is 0 Å². The Morgan fingerprint density at radius 3 is 3.06 bits per heavy atom. The third-order valence-electron chi connectivity index (χ3n) is 3.55. The van der Waals surface area contributed by atoms with Crippen LogP contribution in [0.2, 0.25) is 0 Å². The maximum absolute atomic E-state index is 12.4. The second-order valence-corrected chi connectivity index (χ2v) is 4.63. The Morgan fingerprint density at radius 2 is 2.24 bits per heavy atom. The van der Waals surface area contributed by atoms with Crippen LogP contribution in [0.3, 0.4) is 0 Å². The van der Waals surface area contributed by atoms with Crippen LogP contribution < -0.4 is 5.32 Å². The highest BCUT2D eigenvalue weighted by Crippen LogP contribution is 2.34. The van der Waals surface area contributed by atoms with E-state index in [2.05, 4.69) is 11.7 Å². The SMILES string of the molecule is O=C(C1[CH]CNCC1)C1OCc2ccccc21. The lowest BCUT2D eigenvalue weighted by atomic mass is 9.88. The van der Waals surface area contributed by atoms with E-state index in [0.717, 1.165) is 30.6 Å². The van der Waals surface area contributed by atoms with Crippen LogP contribution in [0.15, 0.2) is 24.3 Å². The number of Topliss-reactive ketones (excluding diaryl/α,β-unsaturated/α-hetero) is 1. The summed E-state index contributed by atoms with van der Waals surface area (Å²) >= 11 is 0. The molecule has 1 saturated heterocycles. The van der Waals surface area contributed by atoms with Crippen molar-refractivity contribution in [3.8, 4) is 0 Å². The molecule has 0 bridgehead atoms. The molecule has 3 nitrogen and oxygen atoms in total. The Morgan fingerprint density at radius 1 is 1.35 bits per heavy atom. The van der Waals surface area contributed by atoms with Gasteiger partial charge in [0.05, 0.1) is 6.61 Å². The van der Waals surface area contributed by atoms with Gasteiger partial charge in [-0.15, -0.1) is 0 Å². The molecule has 0 spiro atoms. The molecule has 1 fully saturated rings. The van der Waals surface area contributed by atoms with Crippen LogP contribution in [0.4, 0.5) is 0 Å². The van der Waals surface area contributed by atoms with Crippen molar-refractivity contribution < 1.29 is 9.53 Å². The first-order valence-corrected chi connectivity index (χ1v) is 6.13. The highest BCUT2D eigenvalue weighted by molar-refractivity contribution is 5.88. The predicted octanol–water partition coefficient (Wildman–Crippen LogP) is 1.64. The zero-order chi connectivity index (χ0) is 11.7. The number of piperidine rings is 1. The van der Waals surface area contributed by atoms with Gasteiger partial charge in [0.1, 0.15) is 6.10 Å². The predicted molar refractivity (Wildman–Crippen MR) is 64.3 cm³/mol. The van der Waals surface area contributed by atoms with E-state index in [1.54, 1.807) is 0 Å². The zero-order valence-corrected chi connectivity index (χ0v) is 9.69. The van der Waals surface area contributed by atoms with Crippen LogP contribution in [0.1, 0.15) is 23.7 Å². The van der Waals surface area contributed by atoms with E-state index in [4.69, 9.17) is 4.74 Å². The van der Waals surface area contributed by atoms with E-state index in [9.17, 15) is 4.79 Å². The van der Waals surface area contributed by atoms with Gasteiger partial charge < -0.3 is 10.1 Å². The summed E-state index contributed by atoms with van der Waals surface area (Å²) in [5.74, 6) is 0.267. The van der Waals surface area contributed by atoms with Crippen LogP contribution in [0.25, 0.3) is 0 Å². The van der Waals surface area contributed by atoms with Crippen LogP contribution in [-0.4, -0.2) is 18.9 Å². The highest BCUT2D eigenvalue weighted by atomic mass is 16.5. The lowest BCUT2D eigenvalue weighted by molar-refractivity contribution is -0.133. The maximum atomic E-state index is 12.4. The van der Waals surface area contributed by atoms with Gasteiger partial charge in [0.25, 0.3) is 0 Å². The minimum absolute atomic E-state index is 0.0485. The molecule has 1 aromatic carbocycles. The number of carbonyl (C=O) groups excluding carboxylic acids is 1. The molecule has 0 amide bonds. The largest absolute Gasteiger partial charge is 0.361 e. The lowest BCUT2D eigenvalue weighted by Crippen LogP contribution is -2.34. The molecule has 0 aromatic heterocycles. The number of carbonyl (C=O) groups is 1.